The van der Waals surface area contributed by atoms with Crippen molar-refractivity contribution in [1.82, 2.24) is 4.72 Å². The second kappa shape index (κ2) is 12.5. The summed E-state index contributed by atoms with van der Waals surface area (Å²) in [5, 5.41) is 10.4. The van der Waals surface area contributed by atoms with Gasteiger partial charge in [0.05, 0.1) is 13.2 Å². The highest BCUT2D eigenvalue weighted by Crippen LogP contribution is 2.44. The zero-order valence-electron chi connectivity index (χ0n) is 22.5. The number of esters is 1. The molecular formula is C27H41NO6S2. The number of aliphatic hydroxyl groups excluding tert-OH is 1. The van der Waals surface area contributed by atoms with Crippen molar-refractivity contribution >= 4 is 27.3 Å². The number of sulfonamides is 1. The zero-order valence-corrected chi connectivity index (χ0v) is 24.1. The number of carbonyl (C=O) groups excluding carboxylic acids is 1. The number of methoxy groups -OCH3 is 1. The average molecular weight is 540 g/mol. The molecule has 0 spiro atoms. The highest BCUT2D eigenvalue weighted by Gasteiger charge is 2.34. The fraction of sp³-hybridized carbons (Fsp3) is 0.593. The van der Waals surface area contributed by atoms with Gasteiger partial charge in [-0.1, -0.05) is 60.1 Å². The molecule has 2 rings (SSSR count). The molecule has 1 unspecified atom stereocenters. The van der Waals surface area contributed by atoms with E-state index < -0.39 is 28.6 Å². The molecule has 1 atom stereocenters. The Morgan fingerprint density at radius 1 is 1.11 bits per heavy atom. The molecule has 0 aliphatic rings. The van der Waals surface area contributed by atoms with Gasteiger partial charge in [-0.05, 0) is 54.0 Å². The lowest BCUT2D eigenvalue weighted by atomic mass is 9.74. The van der Waals surface area contributed by atoms with E-state index in [1.807, 2.05) is 39.0 Å². The predicted octanol–water partition coefficient (Wildman–Crippen LogP) is 5.04. The standard InChI is InChI=1S/C27H41NO6S2/c1-8-11-19-16-20(12-13-21(19)34-18-22(29)26(4,5)6)27(9-2,10-3)23-14-15-25(35-23)36(31,32)28-17-24(30)33-7/h12-16,22,28-29H,8-11,17-18H2,1-7H3. The van der Waals surface area contributed by atoms with E-state index in [1.165, 1.54) is 18.4 Å². The van der Waals surface area contributed by atoms with Gasteiger partial charge in [0.1, 0.15) is 23.1 Å². The maximum atomic E-state index is 12.7. The number of hydrogen-bond acceptors (Lipinski definition) is 7. The first-order chi connectivity index (χ1) is 16.8. The number of thiophene rings is 1. The number of aryl methyl sites for hydroxylation is 1. The monoisotopic (exact) mass is 539 g/mol. The van der Waals surface area contributed by atoms with Crippen LogP contribution in [0.4, 0.5) is 0 Å². The van der Waals surface area contributed by atoms with Crippen LogP contribution in [-0.2, 0) is 31.4 Å². The molecule has 0 fully saturated rings. The van der Waals surface area contributed by atoms with Crippen LogP contribution < -0.4 is 9.46 Å². The van der Waals surface area contributed by atoms with Gasteiger partial charge in [0.2, 0.25) is 0 Å². The van der Waals surface area contributed by atoms with Crippen molar-refractivity contribution in [2.45, 2.75) is 83.0 Å². The fourth-order valence-electron chi connectivity index (χ4n) is 4.07. The summed E-state index contributed by atoms with van der Waals surface area (Å²) in [6.07, 6.45) is 2.76. The van der Waals surface area contributed by atoms with E-state index >= 15 is 0 Å². The van der Waals surface area contributed by atoms with Crippen LogP contribution in [0.5, 0.6) is 5.75 Å². The molecule has 7 nitrogen and oxygen atoms in total. The summed E-state index contributed by atoms with van der Waals surface area (Å²) in [6.45, 7) is 12.1. The van der Waals surface area contributed by atoms with Crippen LogP contribution in [0.15, 0.2) is 34.5 Å². The third-order valence-electron chi connectivity index (χ3n) is 6.69. The molecule has 0 amide bonds. The Morgan fingerprint density at radius 2 is 1.78 bits per heavy atom. The van der Waals surface area contributed by atoms with Gasteiger partial charge in [-0.3, -0.25) is 4.79 Å². The van der Waals surface area contributed by atoms with Gasteiger partial charge in [0.25, 0.3) is 10.0 Å². The topological polar surface area (TPSA) is 102 Å². The van der Waals surface area contributed by atoms with Crippen molar-refractivity contribution in [2.75, 3.05) is 20.3 Å². The van der Waals surface area contributed by atoms with Gasteiger partial charge in [-0.25, -0.2) is 8.42 Å². The summed E-state index contributed by atoms with van der Waals surface area (Å²) in [5.74, 6) is 0.124. The fourth-order valence-corrected chi connectivity index (χ4v) is 6.74. The van der Waals surface area contributed by atoms with E-state index in [2.05, 4.69) is 36.3 Å². The summed E-state index contributed by atoms with van der Waals surface area (Å²) >= 11 is 1.22. The molecule has 0 aliphatic heterocycles. The molecule has 1 heterocycles. The Morgan fingerprint density at radius 3 is 2.33 bits per heavy atom. The second-order valence-electron chi connectivity index (χ2n) is 10.1. The highest BCUT2D eigenvalue weighted by molar-refractivity contribution is 7.91. The van der Waals surface area contributed by atoms with Gasteiger partial charge in [-0.2, -0.15) is 4.72 Å². The summed E-state index contributed by atoms with van der Waals surface area (Å²) in [7, 11) is -2.62. The first-order valence-corrected chi connectivity index (χ1v) is 14.8. The number of carbonyl (C=O) groups is 1. The van der Waals surface area contributed by atoms with Crippen LogP contribution in [0.3, 0.4) is 0 Å². The van der Waals surface area contributed by atoms with Gasteiger partial charge in [0, 0.05) is 10.3 Å². The van der Waals surface area contributed by atoms with Crippen LogP contribution in [-0.4, -0.2) is 45.9 Å². The molecule has 2 aromatic rings. The first kappa shape index (κ1) is 30.3. The molecule has 9 heteroatoms. The van der Waals surface area contributed by atoms with E-state index in [0.29, 0.717) is 0 Å². The maximum absolute atomic E-state index is 12.7. The third-order valence-corrected chi connectivity index (χ3v) is 9.87. The number of ether oxygens (including phenoxy) is 2. The lowest BCUT2D eigenvalue weighted by Crippen LogP contribution is -2.32. The highest BCUT2D eigenvalue weighted by atomic mass is 32.2. The maximum Gasteiger partial charge on any atom is 0.320 e. The van der Waals surface area contributed by atoms with Crippen molar-refractivity contribution in [3.05, 3.63) is 46.3 Å². The van der Waals surface area contributed by atoms with Gasteiger partial charge < -0.3 is 14.6 Å². The van der Waals surface area contributed by atoms with Crippen molar-refractivity contribution in [3.63, 3.8) is 0 Å². The smallest absolute Gasteiger partial charge is 0.320 e. The van der Waals surface area contributed by atoms with Gasteiger partial charge >= 0.3 is 5.97 Å². The van der Waals surface area contributed by atoms with Crippen LogP contribution in [0.25, 0.3) is 0 Å². The number of aliphatic hydroxyl groups is 1. The Balaban J connectivity index is 2.42. The molecule has 0 saturated carbocycles. The Kier molecular flexibility index (Phi) is 10.5. The predicted molar refractivity (Wildman–Crippen MR) is 144 cm³/mol. The van der Waals surface area contributed by atoms with Gasteiger partial charge in [0.15, 0.2) is 0 Å². The molecule has 0 aliphatic carbocycles. The molecule has 0 radical (unpaired) electrons. The molecule has 2 N–H and O–H groups in total. The largest absolute Gasteiger partial charge is 0.491 e. The Hall–Kier alpha value is -1.94. The second-order valence-corrected chi connectivity index (χ2v) is 13.2. The number of hydrogen-bond donors (Lipinski definition) is 2. The van der Waals surface area contributed by atoms with E-state index in [1.54, 1.807) is 6.07 Å². The van der Waals surface area contributed by atoms with E-state index in [0.717, 1.165) is 47.4 Å². The summed E-state index contributed by atoms with van der Waals surface area (Å²) in [4.78, 5) is 12.4. The normalized spacial score (nSPS) is 13.4. The molecule has 0 bridgehead atoms. The summed E-state index contributed by atoms with van der Waals surface area (Å²) in [5.41, 5.74) is 1.54. The van der Waals surface area contributed by atoms with Crippen LogP contribution in [0.1, 0.15) is 76.8 Å². The van der Waals surface area contributed by atoms with E-state index in [-0.39, 0.29) is 21.6 Å². The SMILES string of the molecule is CCCc1cc(C(CC)(CC)c2ccc(S(=O)(=O)NCC(=O)OC)s2)ccc1OCC(O)C(C)(C)C. The molecule has 36 heavy (non-hydrogen) atoms. The lowest BCUT2D eigenvalue weighted by molar-refractivity contribution is -0.139. The summed E-state index contributed by atoms with van der Waals surface area (Å²) < 4.78 is 38.5. The van der Waals surface area contributed by atoms with Crippen LogP contribution in [0.2, 0.25) is 0 Å². The third kappa shape index (κ3) is 7.09. The van der Waals surface area contributed by atoms with Crippen molar-refractivity contribution in [1.29, 1.82) is 0 Å². The minimum Gasteiger partial charge on any atom is -0.491 e. The van der Waals surface area contributed by atoms with Crippen LogP contribution in [0, 0.1) is 5.41 Å². The molecule has 202 valence electrons. The van der Waals surface area contributed by atoms with Gasteiger partial charge in [-0.15, -0.1) is 11.3 Å². The first-order valence-electron chi connectivity index (χ1n) is 12.5. The van der Waals surface area contributed by atoms with Crippen molar-refractivity contribution < 1.29 is 27.8 Å². The quantitative estimate of drug-likeness (QED) is 0.346. The average Bonchev–Trinajstić information content (AvgIpc) is 3.34. The number of rotatable bonds is 13. The molecule has 0 saturated heterocycles. The molecule has 1 aromatic heterocycles. The summed E-state index contributed by atoms with van der Waals surface area (Å²) in [6, 6.07) is 9.65. The zero-order chi connectivity index (χ0) is 27.1. The van der Waals surface area contributed by atoms with Crippen molar-refractivity contribution in [3.8, 4) is 5.75 Å². The molecule has 1 aromatic carbocycles. The lowest BCUT2D eigenvalue weighted by Gasteiger charge is -2.32. The Bertz CT molecular complexity index is 1110. The van der Waals surface area contributed by atoms with E-state index in [9.17, 15) is 18.3 Å². The minimum atomic E-state index is -3.83. The minimum absolute atomic E-state index is 0.164. The van der Waals surface area contributed by atoms with Crippen molar-refractivity contribution in [2.24, 2.45) is 5.41 Å². The Labute approximate surface area is 220 Å². The van der Waals surface area contributed by atoms with Crippen LogP contribution >= 0.6 is 11.3 Å². The number of nitrogens with one attached hydrogen (secondary N) is 1. The molecular weight excluding hydrogens is 498 g/mol. The van der Waals surface area contributed by atoms with E-state index in [4.69, 9.17) is 4.74 Å². The number of benzene rings is 1.